The molecule has 18 heteroatoms. The van der Waals surface area contributed by atoms with Crippen LogP contribution in [0.15, 0.2) is 125 Å². The van der Waals surface area contributed by atoms with Gasteiger partial charge in [-0.25, -0.2) is 9.79 Å². The molecular weight excluding hydrogens is 868 g/mol. The summed E-state index contributed by atoms with van der Waals surface area (Å²) < 4.78 is 12.8. The number of alkyl halides is 1. The average Bonchev–Trinajstić information content (AvgIpc) is 4.12. The zero-order valence-electron chi connectivity index (χ0n) is 33.5. The second-order valence-electron chi connectivity index (χ2n) is 14.1. The molecule has 320 valence electrons. The molecule has 1 aliphatic heterocycles. The summed E-state index contributed by atoms with van der Waals surface area (Å²) in [5.41, 5.74) is 4.74. The van der Waals surface area contributed by atoms with Gasteiger partial charge in [-0.2, -0.15) is 0 Å². The second-order valence-corrected chi connectivity index (χ2v) is 15.8. The number of amides is 2. The smallest absolute Gasteiger partial charge is 0.336 e. The molecule has 4 aromatic carbocycles. The Bertz CT molecular complexity index is 2840. The lowest BCUT2D eigenvalue weighted by Gasteiger charge is -2.30. The number of aliphatic imine (C=N–C) groups is 1. The van der Waals surface area contributed by atoms with Gasteiger partial charge in [0.2, 0.25) is 11.8 Å². The van der Waals surface area contributed by atoms with Crippen LogP contribution in [0, 0.1) is 0 Å². The summed E-state index contributed by atoms with van der Waals surface area (Å²) in [6.45, 7) is 0.476. The fourth-order valence-electron chi connectivity index (χ4n) is 7.03. The highest BCUT2D eigenvalue weighted by Crippen LogP contribution is 2.38. The number of rotatable bonds is 17. The monoisotopic (exact) mass is 904 g/mol. The molecule has 0 bridgehead atoms. The van der Waals surface area contributed by atoms with E-state index in [4.69, 9.17) is 42.5 Å². The number of benzene rings is 4. The summed E-state index contributed by atoms with van der Waals surface area (Å²) in [6, 6.07) is 29.8. The predicted octanol–water partition coefficient (Wildman–Crippen LogP) is 7.91. The highest BCUT2D eigenvalue weighted by molar-refractivity contribution is 7.10. The maximum atomic E-state index is 13.7. The van der Waals surface area contributed by atoms with E-state index in [1.165, 1.54) is 20.9 Å². The number of methoxy groups -OCH3 is 1. The van der Waals surface area contributed by atoms with Crippen LogP contribution in [-0.4, -0.2) is 73.8 Å². The molecule has 15 nitrogen and oxygen atoms in total. The van der Waals surface area contributed by atoms with Gasteiger partial charge in [0.15, 0.2) is 5.88 Å². The van der Waals surface area contributed by atoms with E-state index in [0.717, 1.165) is 10.9 Å². The van der Waals surface area contributed by atoms with Gasteiger partial charge in [0.1, 0.15) is 47.1 Å². The number of halogens is 2. The zero-order valence-corrected chi connectivity index (χ0v) is 35.9. The van der Waals surface area contributed by atoms with Gasteiger partial charge < -0.3 is 29.7 Å². The molecule has 3 aromatic heterocycles. The number of carbonyl (C=O) groups is 3. The zero-order chi connectivity index (χ0) is 43.9. The van der Waals surface area contributed by atoms with Crippen molar-refractivity contribution in [3.05, 3.63) is 147 Å². The van der Waals surface area contributed by atoms with Crippen LogP contribution in [0.3, 0.4) is 0 Å². The van der Waals surface area contributed by atoms with Crippen LogP contribution in [-0.2, 0) is 38.8 Å². The molecular formula is C45H38Cl2N8O7S. The molecule has 1 atom stereocenters. The van der Waals surface area contributed by atoms with Gasteiger partial charge in [0.25, 0.3) is 0 Å². The first-order chi connectivity index (χ1) is 30.7. The number of aromatic amines is 1. The van der Waals surface area contributed by atoms with Gasteiger partial charge in [-0.1, -0.05) is 76.6 Å². The van der Waals surface area contributed by atoms with Crippen molar-refractivity contribution >= 4 is 86.0 Å². The van der Waals surface area contributed by atoms with Crippen LogP contribution in [0.2, 0.25) is 5.02 Å². The van der Waals surface area contributed by atoms with Gasteiger partial charge in [-0.3, -0.25) is 19.2 Å². The minimum Gasteiger partial charge on any atom is -0.497 e. The number of hydrogen-bond donors (Lipinski definition) is 3. The summed E-state index contributed by atoms with van der Waals surface area (Å²) in [7, 11) is 1.55. The van der Waals surface area contributed by atoms with E-state index in [9.17, 15) is 19.5 Å². The molecule has 8 rings (SSSR count). The Morgan fingerprint density at radius 3 is 2.62 bits per heavy atom. The predicted molar refractivity (Wildman–Crippen MR) is 241 cm³/mol. The molecule has 4 heterocycles. The normalized spacial score (nSPS) is 13.1. The summed E-state index contributed by atoms with van der Waals surface area (Å²) in [4.78, 5) is 55.2. The Balaban J connectivity index is 0.901. The first-order valence-corrected chi connectivity index (χ1v) is 21.4. The number of H-pyrrole nitrogens is 1. The van der Waals surface area contributed by atoms with Crippen LogP contribution in [0.25, 0.3) is 10.9 Å². The molecule has 3 N–H and O–H groups in total. The number of carbonyl (C=O) groups excluding carboxylic acids is 3. The van der Waals surface area contributed by atoms with Crippen molar-refractivity contribution in [1.29, 1.82) is 0 Å². The molecule has 0 radical (unpaired) electrons. The summed E-state index contributed by atoms with van der Waals surface area (Å²) >= 11 is 14.1. The SMILES string of the molecule is COc1ccc2c(c1)N=C(c1c(O)[nH]c3ccccc13)/C2=N/OC(=O)CCn1cc(COc2ccc(N(C(=O)CCl)C(C(=O)NCCc3ccccc3)c3cccs3)cc2Cl)nn1. The maximum Gasteiger partial charge on any atom is 0.336 e. The van der Waals surface area contributed by atoms with Crippen molar-refractivity contribution < 1.29 is 33.8 Å². The minimum atomic E-state index is -0.996. The number of para-hydroxylation sites is 1. The van der Waals surface area contributed by atoms with Gasteiger partial charge in [-0.15, -0.1) is 28.0 Å². The Labute approximate surface area is 374 Å². The minimum absolute atomic E-state index is 0.0177. The van der Waals surface area contributed by atoms with Crippen molar-refractivity contribution in [2.24, 2.45) is 10.1 Å². The summed E-state index contributed by atoms with van der Waals surface area (Å²) in [6.07, 6.45) is 2.14. The van der Waals surface area contributed by atoms with Gasteiger partial charge in [0.05, 0.1) is 42.5 Å². The number of nitrogens with zero attached hydrogens (tertiary/aromatic N) is 6. The number of nitrogens with one attached hydrogen (secondary N) is 2. The number of anilines is 1. The lowest BCUT2D eigenvalue weighted by Crippen LogP contribution is -2.44. The lowest BCUT2D eigenvalue weighted by molar-refractivity contribution is -0.144. The van der Waals surface area contributed by atoms with E-state index < -0.39 is 17.9 Å². The molecule has 7 aromatic rings. The number of fused-ring (bicyclic) bond motifs is 2. The van der Waals surface area contributed by atoms with Crippen LogP contribution in [0.4, 0.5) is 11.4 Å². The fraction of sp³-hybridized carbons (Fsp3) is 0.178. The molecule has 0 saturated carbocycles. The Morgan fingerprint density at radius 2 is 1.84 bits per heavy atom. The number of thiophene rings is 1. The number of oxime groups is 1. The summed E-state index contributed by atoms with van der Waals surface area (Å²) in [5.74, 6) is -1.07. The first kappa shape index (κ1) is 42.7. The highest BCUT2D eigenvalue weighted by atomic mass is 35.5. The molecule has 1 unspecified atom stereocenters. The number of aromatic hydroxyl groups is 1. The molecule has 0 aliphatic carbocycles. The third-order valence-corrected chi connectivity index (χ3v) is 11.5. The third-order valence-electron chi connectivity index (χ3n) is 10.0. The lowest BCUT2D eigenvalue weighted by atomic mass is 10.0. The van der Waals surface area contributed by atoms with Crippen molar-refractivity contribution in [2.75, 3.05) is 24.4 Å². The number of ether oxygens (including phenoxy) is 2. The topological polar surface area (TPSA) is 186 Å². The molecule has 63 heavy (non-hydrogen) atoms. The quantitative estimate of drug-likeness (QED) is 0.0464. The van der Waals surface area contributed by atoms with Crippen LogP contribution in [0.1, 0.15) is 39.7 Å². The molecule has 0 spiro atoms. The van der Waals surface area contributed by atoms with Gasteiger partial charge in [0, 0.05) is 39.6 Å². The van der Waals surface area contributed by atoms with Crippen LogP contribution < -0.4 is 19.7 Å². The number of aromatic nitrogens is 4. The van der Waals surface area contributed by atoms with Crippen molar-refractivity contribution in [1.82, 2.24) is 25.3 Å². The third kappa shape index (κ3) is 9.57. The van der Waals surface area contributed by atoms with E-state index in [2.05, 4.69) is 25.8 Å². The van der Waals surface area contributed by atoms with Crippen LogP contribution in [0.5, 0.6) is 17.4 Å². The Morgan fingerprint density at radius 1 is 1.02 bits per heavy atom. The number of aryl methyl sites for hydroxylation is 1. The van der Waals surface area contributed by atoms with E-state index in [0.29, 0.717) is 68.8 Å². The highest BCUT2D eigenvalue weighted by Gasteiger charge is 2.34. The van der Waals surface area contributed by atoms with Crippen molar-refractivity contribution in [2.45, 2.75) is 32.0 Å². The van der Waals surface area contributed by atoms with E-state index in [1.54, 1.807) is 55.8 Å². The van der Waals surface area contributed by atoms with E-state index in [-0.39, 0.29) is 48.0 Å². The van der Waals surface area contributed by atoms with Gasteiger partial charge >= 0.3 is 5.97 Å². The van der Waals surface area contributed by atoms with Crippen molar-refractivity contribution in [3.8, 4) is 17.4 Å². The van der Waals surface area contributed by atoms with Gasteiger partial charge in [-0.05, 0) is 59.8 Å². The summed E-state index contributed by atoms with van der Waals surface area (Å²) in [5, 5.41) is 29.1. The standard InChI is InChI=1S/C45H38Cl2N8O7S/c1-60-30-14-15-32-35(23-30)49-42(40-31-10-5-6-11-34(31)50-44(40)58)41(32)52-62-39(57)18-20-54-25-28(51-53-54)26-61-36-16-13-29(22-33(36)47)55(38(56)24-46)43(37-12-7-21-63-37)45(59)48-19-17-27-8-3-2-4-9-27/h2-16,21-23,25,43,50,58H,17-20,24,26H2,1H3,(H,48,59)/b52-41+. The molecule has 2 amide bonds. The first-order valence-electron chi connectivity index (χ1n) is 19.6. The average molecular weight is 906 g/mol. The maximum absolute atomic E-state index is 13.7. The Kier molecular flexibility index (Phi) is 13.1. The Hall–Kier alpha value is -7.01. The molecule has 1 aliphatic rings. The van der Waals surface area contributed by atoms with Crippen LogP contribution >= 0.6 is 34.5 Å². The largest absolute Gasteiger partial charge is 0.497 e. The second kappa shape index (κ2) is 19.4. The fourth-order valence-corrected chi connectivity index (χ4v) is 8.20. The van der Waals surface area contributed by atoms with E-state index in [1.807, 2.05) is 66.0 Å². The van der Waals surface area contributed by atoms with E-state index >= 15 is 0 Å². The number of hydrogen-bond acceptors (Lipinski definition) is 12. The molecule has 0 fully saturated rings. The molecule has 0 saturated heterocycles. The van der Waals surface area contributed by atoms with Crippen molar-refractivity contribution in [3.63, 3.8) is 0 Å².